The molecular formula is C21H43N5O3S. The highest BCUT2D eigenvalue weighted by molar-refractivity contribution is 7.80. The maximum Gasteiger partial charge on any atom is 0.243 e. The Hall–Kier alpha value is -1.32. The molecule has 176 valence electrons. The van der Waals surface area contributed by atoms with Gasteiger partial charge in [-0.2, -0.15) is 12.6 Å². The van der Waals surface area contributed by atoms with E-state index in [0.29, 0.717) is 25.9 Å². The summed E-state index contributed by atoms with van der Waals surface area (Å²) >= 11 is 4.18. The summed E-state index contributed by atoms with van der Waals surface area (Å²) in [6.45, 7) is 6.85. The molecule has 0 rings (SSSR count). The summed E-state index contributed by atoms with van der Waals surface area (Å²) < 4.78 is 0. The second-order valence-electron chi connectivity index (χ2n) is 8.52. The van der Waals surface area contributed by atoms with E-state index in [9.17, 15) is 14.4 Å². The maximum atomic E-state index is 12.7. The Morgan fingerprint density at radius 3 is 2.33 bits per heavy atom. The van der Waals surface area contributed by atoms with Crippen LogP contribution in [0.2, 0.25) is 0 Å². The molecule has 3 amide bonds. The SMILES string of the molecule is CCC(CC(C)(C)N)NC(=O)CC(C(=O)NCCNC)N(C)C(=O)CCCCCS. The number of nitrogens with one attached hydrogen (secondary N) is 3. The van der Waals surface area contributed by atoms with Crippen LogP contribution in [0.15, 0.2) is 0 Å². The van der Waals surface area contributed by atoms with Crippen LogP contribution in [0.5, 0.6) is 0 Å². The molecule has 0 spiro atoms. The third-order valence-corrected chi connectivity index (χ3v) is 5.21. The zero-order valence-electron chi connectivity index (χ0n) is 19.4. The molecule has 0 aromatic heterocycles. The molecule has 2 atom stereocenters. The largest absolute Gasteiger partial charge is 0.353 e. The van der Waals surface area contributed by atoms with Gasteiger partial charge in [-0.25, -0.2) is 0 Å². The van der Waals surface area contributed by atoms with Gasteiger partial charge in [-0.15, -0.1) is 0 Å². The predicted octanol–water partition coefficient (Wildman–Crippen LogP) is 1.05. The van der Waals surface area contributed by atoms with Gasteiger partial charge in [0.15, 0.2) is 0 Å². The highest BCUT2D eigenvalue weighted by Crippen LogP contribution is 2.13. The summed E-state index contributed by atoms with van der Waals surface area (Å²) in [5.74, 6) is 0.0816. The number of carbonyl (C=O) groups is 3. The summed E-state index contributed by atoms with van der Waals surface area (Å²) in [5.41, 5.74) is 5.68. The Kier molecular flexibility index (Phi) is 14.8. The highest BCUT2D eigenvalue weighted by Gasteiger charge is 2.30. The van der Waals surface area contributed by atoms with Crippen LogP contribution in [0.4, 0.5) is 0 Å². The zero-order valence-corrected chi connectivity index (χ0v) is 20.3. The van der Waals surface area contributed by atoms with E-state index in [0.717, 1.165) is 31.4 Å². The molecule has 0 radical (unpaired) electrons. The van der Waals surface area contributed by atoms with Crippen molar-refractivity contribution in [2.24, 2.45) is 5.73 Å². The molecule has 2 unspecified atom stereocenters. The minimum atomic E-state index is -0.845. The van der Waals surface area contributed by atoms with E-state index in [1.165, 1.54) is 4.90 Å². The number of unbranched alkanes of at least 4 members (excludes halogenated alkanes) is 2. The van der Waals surface area contributed by atoms with Crippen molar-refractivity contribution in [3.05, 3.63) is 0 Å². The average Bonchev–Trinajstić information content (AvgIpc) is 2.67. The van der Waals surface area contributed by atoms with E-state index in [1.807, 2.05) is 20.8 Å². The monoisotopic (exact) mass is 445 g/mol. The molecule has 0 fully saturated rings. The molecule has 0 aliphatic rings. The Balaban J connectivity index is 5.07. The van der Waals surface area contributed by atoms with Crippen molar-refractivity contribution in [3.63, 3.8) is 0 Å². The first-order valence-corrected chi connectivity index (χ1v) is 11.6. The number of nitrogens with two attached hydrogens (primary N) is 1. The first-order chi connectivity index (χ1) is 14.1. The summed E-state index contributed by atoms with van der Waals surface area (Å²) in [6, 6.07) is -0.921. The molecule has 0 aliphatic heterocycles. The van der Waals surface area contributed by atoms with Crippen molar-refractivity contribution < 1.29 is 14.4 Å². The van der Waals surface area contributed by atoms with E-state index >= 15 is 0 Å². The number of rotatable bonds is 16. The Bertz CT molecular complexity index is 525. The summed E-state index contributed by atoms with van der Waals surface area (Å²) in [6.07, 6.45) is 4.26. The van der Waals surface area contributed by atoms with Crippen molar-refractivity contribution in [1.82, 2.24) is 20.9 Å². The van der Waals surface area contributed by atoms with Gasteiger partial charge in [0.1, 0.15) is 6.04 Å². The van der Waals surface area contributed by atoms with Crippen LogP contribution in [0, 0.1) is 0 Å². The standard InChI is InChI=1S/C21H43N5O3S/c1-6-16(15-21(2,3)22)25-18(27)14-17(20(29)24-12-11-23-4)26(5)19(28)10-8-7-9-13-30/h16-17,23,30H,6-15,22H2,1-5H3,(H,24,29)(H,25,27). The second-order valence-corrected chi connectivity index (χ2v) is 8.97. The third-order valence-electron chi connectivity index (χ3n) is 4.90. The van der Waals surface area contributed by atoms with Gasteiger partial charge in [0.2, 0.25) is 17.7 Å². The van der Waals surface area contributed by atoms with Crippen LogP contribution in [-0.4, -0.2) is 73.2 Å². The Morgan fingerprint density at radius 1 is 1.13 bits per heavy atom. The highest BCUT2D eigenvalue weighted by atomic mass is 32.1. The van der Waals surface area contributed by atoms with Gasteiger partial charge in [-0.05, 0) is 52.3 Å². The minimum Gasteiger partial charge on any atom is -0.353 e. The average molecular weight is 446 g/mol. The van der Waals surface area contributed by atoms with Crippen LogP contribution >= 0.6 is 12.6 Å². The van der Waals surface area contributed by atoms with Crippen molar-refractivity contribution >= 4 is 30.4 Å². The molecule has 5 N–H and O–H groups in total. The lowest BCUT2D eigenvalue weighted by Gasteiger charge is -2.29. The van der Waals surface area contributed by atoms with Gasteiger partial charge < -0.3 is 26.6 Å². The quantitative estimate of drug-likeness (QED) is 0.180. The van der Waals surface area contributed by atoms with Gasteiger partial charge in [0.05, 0.1) is 6.42 Å². The minimum absolute atomic E-state index is 0.0762. The molecule has 8 nitrogen and oxygen atoms in total. The normalized spacial score (nSPS) is 13.4. The van der Waals surface area contributed by atoms with Gasteiger partial charge >= 0.3 is 0 Å². The molecule has 0 aromatic rings. The fourth-order valence-corrected chi connectivity index (χ4v) is 3.37. The van der Waals surface area contributed by atoms with Crippen molar-refractivity contribution in [1.29, 1.82) is 0 Å². The first-order valence-electron chi connectivity index (χ1n) is 10.9. The van der Waals surface area contributed by atoms with Crippen LogP contribution in [0.3, 0.4) is 0 Å². The van der Waals surface area contributed by atoms with Gasteiger partial charge in [0.25, 0.3) is 0 Å². The van der Waals surface area contributed by atoms with Crippen molar-refractivity contribution in [2.45, 2.75) is 83.3 Å². The fourth-order valence-electron chi connectivity index (χ4n) is 3.14. The number of thiol groups is 1. The van der Waals surface area contributed by atoms with E-state index in [-0.39, 0.29) is 30.2 Å². The Labute approximate surface area is 187 Å². The van der Waals surface area contributed by atoms with Crippen molar-refractivity contribution in [2.75, 3.05) is 32.9 Å². The van der Waals surface area contributed by atoms with E-state index in [1.54, 1.807) is 14.1 Å². The molecule has 0 saturated heterocycles. The van der Waals surface area contributed by atoms with E-state index < -0.39 is 11.6 Å². The lowest BCUT2D eigenvalue weighted by atomic mass is 9.95. The number of hydrogen-bond acceptors (Lipinski definition) is 6. The van der Waals surface area contributed by atoms with Crippen LogP contribution < -0.4 is 21.7 Å². The first kappa shape index (κ1) is 28.7. The van der Waals surface area contributed by atoms with E-state index in [2.05, 4.69) is 28.6 Å². The topological polar surface area (TPSA) is 117 Å². The molecule has 0 heterocycles. The number of nitrogens with zero attached hydrogens (tertiary/aromatic N) is 1. The fraction of sp³-hybridized carbons (Fsp3) is 0.857. The molecule has 0 aliphatic carbocycles. The van der Waals surface area contributed by atoms with Gasteiger partial charge in [-0.3, -0.25) is 14.4 Å². The summed E-state index contributed by atoms with van der Waals surface area (Å²) in [7, 11) is 3.39. The molecule has 0 bridgehead atoms. The van der Waals surface area contributed by atoms with Crippen LogP contribution in [-0.2, 0) is 14.4 Å². The van der Waals surface area contributed by atoms with Crippen LogP contribution in [0.25, 0.3) is 0 Å². The smallest absolute Gasteiger partial charge is 0.243 e. The lowest BCUT2D eigenvalue weighted by molar-refractivity contribution is -0.141. The number of likely N-dealkylation sites (N-methyl/N-ethyl adjacent to an activating group) is 2. The molecule has 0 aromatic carbocycles. The number of hydrogen-bond donors (Lipinski definition) is 5. The molecular weight excluding hydrogens is 402 g/mol. The number of amides is 3. The second kappa shape index (κ2) is 15.5. The maximum absolute atomic E-state index is 12.7. The zero-order chi connectivity index (χ0) is 23.2. The molecule has 0 saturated carbocycles. The lowest BCUT2D eigenvalue weighted by Crippen LogP contribution is -2.52. The third kappa shape index (κ3) is 13.1. The van der Waals surface area contributed by atoms with Crippen LogP contribution in [0.1, 0.15) is 65.7 Å². The van der Waals surface area contributed by atoms with Gasteiger partial charge in [-0.1, -0.05) is 13.3 Å². The number of carbonyl (C=O) groups excluding carboxylic acids is 3. The Morgan fingerprint density at radius 2 is 1.80 bits per heavy atom. The van der Waals surface area contributed by atoms with E-state index in [4.69, 9.17) is 5.73 Å². The predicted molar refractivity (Wildman–Crippen MR) is 126 cm³/mol. The summed E-state index contributed by atoms with van der Waals surface area (Å²) in [4.78, 5) is 39.4. The molecule has 30 heavy (non-hydrogen) atoms. The van der Waals surface area contributed by atoms with Gasteiger partial charge in [0, 0.05) is 38.1 Å². The van der Waals surface area contributed by atoms with Crippen molar-refractivity contribution in [3.8, 4) is 0 Å². The molecule has 9 heteroatoms. The summed E-state index contributed by atoms with van der Waals surface area (Å²) in [5, 5.41) is 8.73.